The summed E-state index contributed by atoms with van der Waals surface area (Å²) < 4.78 is 13.3. The molecule has 0 spiro atoms. The van der Waals surface area contributed by atoms with E-state index >= 15 is 0 Å². The molecule has 0 bridgehead atoms. The average Bonchev–Trinajstić information content (AvgIpc) is 2.38. The van der Waals surface area contributed by atoms with E-state index in [1.807, 2.05) is 0 Å². The van der Waals surface area contributed by atoms with Crippen LogP contribution in [0.25, 0.3) is 0 Å². The SMILES string of the molecule is CCOC(=O)C1=COI=N1. The second kappa shape index (κ2) is 3.65. The highest BCUT2D eigenvalue weighted by atomic mass is 127. The van der Waals surface area contributed by atoms with Crippen molar-refractivity contribution in [3.63, 3.8) is 0 Å². The molecule has 0 aromatic heterocycles. The fourth-order valence-corrected chi connectivity index (χ4v) is 1.42. The molecule has 1 aliphatic heterocycles. The summed E-state index contributed by atoms with van der Waals surface area (Å²) in [6.45, 7) is 2.13. The first-order chi connectivity index (χ1) is 4.84. The monoisotopic (exact) mass is 255 g/mol. The Hall–Kier alpha value is -0.460. The largest absolute Gasteiger partial charge is 0.461 e. The van der Waals surface area contributed by atoms with Gasteiger partial charge in [0.25, 0.3) is 0 Å². The Balaban J connectivity index is 2.48. The zero-order valence-corrected chi connectivity index (χ0v) is 7.49. The smallest absolute Gasteiger partial charge is 0.360 e. The van der Waals surface area contributed by atoms with Crippen LogP contribution >= 0.6 is 21.4 Å². The quantitative estimate of drug-likeness (QED) is 0.554. The highest BCUT2D eigenvalue weighted by Crippen LogP contribution is 2.19. The Bertz CT molecular complexity index is 199. The van der Waals surface area contributed by atoms with Crippen molar-refractivity contribution in [3.05, 3.63) is 12.0 Å². The normalized spacial score (nSPS) is 15.1. The number of carbonyl (C=O) groups is 1. The van der Waals surface area contributed by atoms with Gasteiger partial charge in [0.15, 0.2) is 5.70 Å². The molecule has 4 nitrogen and oxygen atoms in total. The van der Waals surface area contributed by atoms with Gasteiger partial charge in [-0.05, 0) is 6.92 Å². The summed E-state index contributed by atoms with van der Waals surface area (Å²) >= 11 is -0.611. The number of hydrogen-bond acceptors (Lipinski definition) is 4. The third-order valence-electron chi connectivity index (χ3n) is 0.806. The van der Waals surface area contributed by atoms with Gasteiger partial charge in [0.1, 0.15) is 6.26 Å². The van der Waals surface area contributed by atoms with Crippen molar-refractivity contribution in [2.75, 3.05) is 6.61 Å². The van der Waals surface area contributed by atoms with Crippen molar-refractivity contribution in [1.82, 2.24) is 0 Å². The lowest BCUT2D eigenvalue weighted by molar-refractivity contribution is -0.138. The van der Waals surface area contributed by atoms with E-state index in [9.17, 15) is 4.79 Å². The maximum absolute atomic E-state index is 10.8. The molecule has 0 N–H and O–H groups in total. The number of carbonyl (C=O) groups excluding carboxylic acids is 1. The van der Waals surface area contributed by atoms with E-state index in [0.717, 1.165) is 0 Å². The first-order valence-electron chi connectivity index (χ1n) is 2.73. The summed E-state index contributed by atoms with van der Waals surface area (Å²) in [6.07, 6.45) is 1.35. The van der Waals surface area contributed by atoms with E-state index in [4.69, 9.17) is 3.07 Å². The van der Waals surface area contributed by atoms with Gasteiger partial charge in [0, 0.05) is 0 Å². The third kappa shape index (κ3) is 1.76. The van der Waals surface area contributed by atoms with Crippen LogP contribution in [0.3, 0.4) is 0 Å². The fraction of sp³-hybridized carbons (Fsp3) is 0.400. The maximum atomic E-state index is 10.8. The number of nitrogens with zero attached hydrogens (tertiary/aromatic N) is 1. The number of hydrogen-bond donors (Lipinski definition) is 0. The molecule has 0 aromatic rings. The van der Waals surface area contributed by atoms with Gasteiger partial charge in [-0.1, -0.05) is 0 Å². The molecule has 10 heavy (non-hydrogen) atoms. The molecule has 5 heteroatoms. The Morgan fingerprint density at radius 2 is 2.80 bits per heavy atom. The van der Waals surface area contributed by atoms with Crippen molar-refractivity contribution in [1.29, 1.82) is 0 Å². The van der Waals surface area contributed by atoms with Gasteiger partial charge in [0.2, 0.25) is 21.4 Å². The lowest BCUT2D eigenvalue weighted by Crippen LogP contribution is -2.04. The van der Waals surface area contributed by atoms with Gasteiger partial charge in [-0.15, -0.1) is 0 Å². The van der Waals surface area contributed by atoms with E-state index in [2.05, 4.69) is 7.88 Å². The third-order valence-corrected chi connectivity index (χ3v) is 2.00. The van der Waals surface area contributed by atoms with Crippen molar-refractivity contribution in [2.45, 2.75) is 6.92 Å². The van der Waals surface area contributed by atoms with E-state index in [1.54, 1.807) is 6.92 Å². The first-order valence-corrected chi connectivity index (χ1v) is 4.57. The van der Waals surface area contributed by atoms with Crippen molar-refractivity contribution in [3.8, 4) is 0 Å². The molecule has 0 fully saturated rings. The Morgan fingerprint density at radius 1 is 2.00 bits per heavy atom. The van der Waals surface area contributed by atoms with Crippen molar-refractivity contribution < 1.29 is 12.6 Å². The van der Waals surface area contributed by atoms with Gasteiger partial charge in [0.05, 0.1) is 6.61 Å². The minimum atomic E-state index is -0.611. The first kappa shape index (κ1) is 7.64. The van der Waals surface area contributed by atoms with Crippen LogP contribution in [0, 0.1) is 0 Å². The maximum Gasteiger partial charge on any atom is 0.360 e. The number of ether oxygens (including phenoxy) is 1. The van der Waals surface area contributed by atoms with Gasteiger partial charge < -0.3 is 7.80 Å². The van der Waals surface area contributed by atoms with Crippen LogP contribution in [-0.2, 0) is 12.6 Å². The zero-order chi connectivity index (χ0) is 7.40. The molecule has 56 valence electrons. The second-order valence-corrected chi connectivity index (χ2v) is 2.85. The molecule has 0 aromatic carbocycles. The molecular formula is C5H6INO3. The Kier molecular flexibility index (Phi) is 2.79. The van der Waals surface area contributed by atoms with Crippen LogP contribution in [0.2, 0.25) is 0 Å². The molecule has 0 atom stereocenters. The Labute approximate surface area is 68.9 Å². The fourth-order valence-electron chi connectivity index (χ4n) is 0.427. The molecule has 0 radical (unpaired) electrons. The van der Waals surface area contributed by atoms with Gasteiger partial charge in [-0.2, -0.15) is 3.15 Å². The number of esters is 1. The van der Waals surface area contributed by atoms with Crippen molar-refractivity contribution >= 4 is 27.4 Å². The Morgan fingerprint density at radius 3 is 3.30 bits per heavy atom. The van der Waals surface area contributed by atoms with Crippen LogP contribution in [0.4, 0.5) is 0 Å². The lowest BCUT2D eigenvalue weighted by atomic mass is 10.5. The molecule has 0 aliphatic carbocycles. The van der Waals surface area contributed by atoms with Gasteiger partial charge >= 0.3 is 5.97 Å². The molecule has 1 rings (SSSR count). The summed E-state index contributed by atoms with van der Waals surface area (Å²) in [4.78, 5) is 10.8. The highest BCUT2D eigenvalue weighted by Gasteiger charge is 2.12. The summed E-state index contributed by atoms with van der Waals surface area (Å²) in [5.74, 6) is -0.389. The van der Waals surface area contributed by atoms with Crippen LogP contribution in [0.5, 0.6) is 0 Å². The highest BCUT2D eigenvalue weighted by molar-refractivity contribution is 14.1. The molecular weight excluding hydrogens is 249 g/mol. The van der Waals surface area contributed by atoms with Crippen LogP contribution in [-0.4, -0.2) is 12.6 Å². The summed E-state index contributed by atoms with van der Waals surface area (Å²) in [7, 11) is 0. The van der Waals surface area contributed by atoms with E-state index in [-0.39, 0.29) is 5.97 Å². The van der Waals surface area contributed by atoms with E-state index in [0.29, 0.717) is 12.3 Å². The second-order valence-electron chi connectivity index (χ2n) is 1.47. The lowest BCUT2D eigenvalue weighted by Gasteiger charge is -1.95. The van der Waals surface area contributed by atoms with Crippen LogP contribution in [0.15, 0.2) is 15.1 Å². The molecule has 1 aliphatic rings. The van der Waals surface area contributed by atoms with E-state index in [1.165, 1.54) is 6.26 Å². The summed E-state index contributed by atoms with van der Waals surface area (Å²) in [5.41, 5.74) is 0.314. The van der Waals surface area contributed by atoms with Gasteiger partial charge in [-0.25, -0.2) is 4.79 Å². The van der Waals surface area contributed by atoms with E-state index < -0.39 is 21.4 Å². The predicted molar refractivity (Wildman–Crippen MR) is 42.2 cm³/mol. The summed E-state index contributed by atoms with van der Waals surface area (Å²) in [5, 5.41) is 0. The number of rotatable bonds is 2. The molecule has 1 heterocycles. The van der Waals surface area contributed by atoms with Gasteiger partial charge in [-0.3, -0.25) is 0 Å². The molecule has 0 unspecified atom stereocenters. The average molecular weight is 255 g/mol. The zero-order valence-electron chi connectivity index (χ0n) is 5.33. The van der Waals surface area contributed by atoms with Crippen LogP contribution in [0.1, 0.15) is 6.92 Å². The molecule has 0 saturated heterocycles. The molecule has 0 saturated carbocycles. The predicted octanol–water partition coefficient (Wildman–Crippen LogP) is 1.49. The summed E-state index contributed by atoms with van der Waals surface area (Å²) in [6, 6.07) is 0. The minimum Gasteiger partial charge on any atom is -0.461 e. The number of halogens is 1. The van der Waals surface area contributed by atoms with Crippen molar-refractivity contribution in [2.24, 2.45) is 3.15 Å². The molecule has 0 amide bonds. The topological polar surface area (TPSA) is 47.9 Å². The van der Waals surface area contributed by atoms with Crippen LogP contribution < -0.4 is 0 Å². The standard InChI is InChI=1S/C5H6INO3/c1-2-9-5(8)4-3-10-6-7-4/h3H,2H2,1H3. The minimum absolute atomic E-state index is 0.314.